The first-order valence-corrected chi connectivity index (χ1v) is 8.84. The molecule has 10 heteroatoms. The van der Waals surface area contributed by atoms with Gasteiger partial charge in [0.05, 0.1) is 17.0 Å². The monoisotopic (exact) mass is 376 g/mol. The van der Waals surface area contributed by atoms with Crippen molar-refractivity contribution in [2.45, 2.75) is 4.90 Å². The van der Waals surface area contributed by atoms with Gasteiger partial charge >= 0.3 is 0 Å². The second-order valence-electron chi connectivity index (χ2n) is 5.24. The zero-order chi connectivity index (χ0) is 18.7. The van der Waals surface area contributed by atoms with E-state index in [1.165, 1.54) is 24.3 Å². The number of fused-ring (bicyclic) bond motifs is 1. The van der Waals surface area contributed by atoms with Gasteiger partial charge in [-0.2, -0.15) is 0 Å². The van der Waals surface area contributed by atoms with Gasteiger partial charge in [-0.05, 0) is 30.3 Å². The Kier molecular flexibility index (Phi) is 4.78. The first-order valence-electron chi connectivity index (χ1n) is 7.36. The molecule has 1 aromatic heterocycles. The van der Waals surface area contributed by atoms with Crippen molar-refractivity contribution in [3.05, 3.63) is 54.3 Å². The Morgan fingerprint density at radius 3 is 2.65 bits per heavy atom. The molecule has 0 aliphatic heterocycles. The van der Waals surface area contributed by atoms with Crippen LogP contribution in [0.25, 0.3) is 10.9 Å². The van der Waals surface area contributed by atoms with E-state index in [4.69, 9.17) is 0 Å². The fourth-order valence-corrected chi connectivity index (χ4v) is 3.22. The molecule has 0 saturated carbocycles. The number of aromatic hydroxyl groups is 1. The van der Waals surface area contributed by atoms with Gasteiger partial charge in [0.2, 0.25) is 15.9 Å². The molecule has 2 aromatic carbocycles. The molecule has 1 amide bonds. The number of carbonyl (C=O) groups is 1. The van der Waals surface area contributed by atoms with Crippen LogP contribution in [-0.2, 0) is 14.8 Å². The number of sulfonamides is 1. The van der Waals surface area contributed by atoms with Crippen molar-refractivity contribution < 1.29 is 22.7 Å². The summed E-state index contributed by atoms with van der Waals surface area (Å²) in [4.78, 5) is 14.3. The van der Waals surface area contributed by atoms with Gasteiger partial charge in [0, 0.05) is 5.39 Å². The third-order valence-corrected chi connectivity index (χ3v) is 4.86. The van der Waals surface area contributed by atoms with Crippen molar-refractivity contribution in [1.29, 1.82) is 0 Å². The molecule has 8 nitrogen and oxygen atoms in total. The molecule has 1 heterocycles. The Balaban J connectivity index is 1.72. The van der Waals surface area contributed by atoms with Gasteiger partial charge in [-0.15, -0.1) is 10.2 Å². The molecule has 3 rings (SSSR count). The minimum Gasteiger partial charge on any atom is -0.493 e. The first kappa shape index (κ1) is 17.7. The number of H-pyrrole nitrogens is 1. The minimum absolute atomic E-state index is 0.0149. The van der Waals surface area contributed by atoms with Crippen molar-refractivity contribution in [3.63, 3.8) is 0 Å². The van der Waals surface area contributed by atoms with E-state index in [1.807, 2.05) is 0 Å². The number of azo groups is 1. The van der Waals surface area contributed by atoms with Crippen LogP contribution in [0, 0.1) is 5.82 Å². The third-order valence-electron chi connectivity index (χ3n) is 3.44. The third kappa shape index (κ3) is 3.76. The number of amides is 1. The van der Waals surface area contributed by atoms with E-state index in [-0.39, 0.29) is 22.0 Å². The molecule has 0 bridgehead atoms. The lowest BCUT2D eigenvalue weighted by molar-refractivity contribution is -0.117. The van der Waals surface area contributed by atoms with Gasteiger partial charge in [0.15, 0.2) is 5.69 Å². The predicted molar refractivity (Wildman–Crippen MR) is 91.1 cm³/mol. The highest BCUT2D eigenvalue weighted by Gasteiger charge is 2.15. The topological polar surface area (TPSA) is 124 Å². The Hall–Kier alpha value is -3.11. The SMILES string of the molecule is O=C(CNS(=O)(=O)c1ccccc1)N=Nc1c(O)[nH]c2cc(F)ccc12. The average Bonchev–Trinajstić information content (AvgIpc) is 2.93. The molecule has 26 heavy (non-hydrogen) atoms. The van der Waals surface area contributed by atoms with E-state index in [0.717, 1.165) is 6.07 Å². The van der Waals surface area contributed by atoms with Gasteiger partial charge in [0.25, 0.3) is 5.91 Å². The van der Waals surface area contributed by atoms with E-state index in [2.05, 4.69) is 19.9 Å². The van der Waals surface area contributed by atoms with Crippen molar-refractivity contribution >= 4 is 32.5 Å². The van der Waals surface area contributed by atoms with Crippen LogP contribution in [0.5, 0.6) is 5.88 Å². The number of halogens is 1. The zero-order valence-electron chi connectivity index (χ0n) is 13.2. The van der Waals surface area contributed by atoms with Gasteiger partial charge < -0.3 is 10.1 Å². The fraction of sp³-hybridized carbons (Fsp3) is 0.0625. The molecule has 134 valence electrons. The zero-order valence-corrected chi connectivity index (χ0v) is 14.0. The summed E-state index contributed by atoms with van der Waals surface area (Å²) >= 11 is 0. The summed E-state index contributed by atoms with van der Waals surface area (Å²) in [5.74, 6) is -1.75. The van der Waals surface area contributed by atoms with E-state index < -0.39 is 28.3 Å². The fourth-order valence-electron chi connectivity index (χ4n) is 2.22. The first-order chi connectivity index (χ1) is 12.4. The van der Waals surface area contributed by atoms with Crippen LogP contribution >= 0.6 is 0 Å². The summed E-state index contributed by atoms with van der Waals surface area (Å²) in [6.45, 7) is -0.599. The highest BCUT2D eigenvalue weighted by atomic mass is 32.2. The van der Waals surface area contributed by atoms with Gasteiger partial charge in [-0.1, -0.05) is 18.2 Å². The summed E-state index contributed by atoms with van der Waals surface area (Å²) in [7, 11) is -3.84. The van der Waals surface area contributed by atoms with E-state index in [9.17, 15) is 22.7 Å². The number of aromatic nitrogens is 1. The van der Waals surface area contributed by atoms with Gasteiger partial charge in [-0.3, -0.25) is 4.79 Å². The van der Waals surface area contributed by atoms with E-state index >= 15 is 0 Å². The number of rotatable bonds is 5. The number of aromatic amines is 1. The standard InChI is InChI=1S/C16H13FN4O4S/c17-10-6-7-12-13(8-10)19-16(23)15(12)21-20-14(22)9-18-26(24,25)11-4-2-1-3-5-11/h1-8,18-19,23H,9H2. The predicted octanol–water partition coefficient (Wildman–Crippen LogP) is 2.60. The second kappa shape index (κ2) is 7.02. The van der Waals surface area contributed by atoms with Gasteiger partial charge in [-0.25, -0.2) is 17.5 Å². The highest BCUT2D eigenvalue weighted by Crippen LogP contribution is 2.35. The molecule has 0 spiro atoms. The number of nitrogens with zero attached hydrogens (tertiary/aromatic N) is 2. The number of hydrogen-bond acceptors (Lipinski definition) is 5. The summed E-state index contributed by atoms with van der Waals surface area (Å²) in [5, 5.41) is 17.2. The lowest BCUT2D eigenvalue weighted by Gasteiger charge is -2.03. The van der Waals surface area contributed by atoms with Crippen molar-refractivity contribution in [2.75, 3.05) is 6.54 Å². The normalized spacial score (nSPS) is 12.0. The maximum atomic E-state index is 13.2. The minimum atomic E-state index is -3.84. The van der Waals surface area contributed by atoms with Crippen LogP contribution < -0.4 is 4.72 Å². The van der Waals surface area contributed by atoms with Crippen molar-refractivity contribution in [2.24, 2.45) is 10.2 Å². The molecule has 3 aromatic rings. The van der Waals surface area contributed by atoms with Gasteiger partial charge in [0.1, 0.15) is 5.82 Å². The number of carbonyl (C=O) groups excluding carboxylic acids is 1. The van der Waals surface area contributed by atoms with Crippen LogP contribution in [0.4, 0.5) is 10.1 Å². The van der Waals surface area contributed by atoms with Crippen LogP contribution in [0.2, 0.25) is 0 Å². The van der Waals surface area contributed by atoms with Crippen LogP contribution in [-0.4, -0.2) is 31.0 Å². The molecular formula is C16H13FN4O4S. The lowest BCUT2D eigenvalue weighted by Crippen LogP contribution is -2.28. The molecule has 0 fully saturated rings. The van der Waals surface area contributed by atoms with Crippen molar-refractivity contribution in [1.82, 2.24) is 9.71 Å². The largest absolute Gasteiger partial charge is 0.493 e. The average molecular weight is 376 g/mol. The molecular weight excluding hydrogens is 363 g/mol. The Labute approximate surface area is 147 Å². The summed E-state index contributed by atoms with van der Waals surface area (Å²) in [6, 6.07) is 11.2. The van der Waals surface area contributed by atoms with Crippen LogP contribution in [0.3, 0.4) is 0 Å². The molecule has 0 radical (unpaired) electrons. The lowest BCUT2D eigenvalue weighted by atomic mass is 10.2. The Bertz CT molecular complexity index is 1090. The maximum Gasteiger partial charge on any atom is 0.279 e. The molecule has 0 unspecified atom stereocenters. The Morgan fingerprint density at radius 1 is 1.19 bits per heavy atom. The molecule has 0 aliphatic carbocycles. The van der Waals surface area contributed by atoms with E-state index in [1.54, 1.807) is 18.2 Å². The maximum absolute atomic E-state index is 13.2. The second-order valence-corrected chi connectivity index (χ2v) is 7.01. The number of hydrogen-bond donors (Lipinski definition) is 3. The quantitative estimate of drug-likeness (QED) is 0.592. The molecule has 0 atom stereocenters. The molecule has 3 N–H and O–H groups in total. The highest BCUT2D eigenvalue weighted by molar-refractivity contribution is 7.89. The van der Waals surface area contributed by atoms with Crippen molar-refractivity contribution in [3.8, 4) is 5.88 Å². The number of benzene rings is 2. The Morgan fingerprint density at radius 2 is 1.92 bits per heavy atom. The number of nitrogens with one attached hydrogen (secondary N) is 2. The molecule has 0 aliphatic rings. The van der Waals surface area contributed by atoms with Crippen LogP contribution in [0.1, 0.15) is 0 Å². The van der Waals surface area contributed by atoms with E-state index in [0.29, 0.717) is 5.39 Å². The summed E-state index contributed by atoms with van der Waals surface area (Å²) < 4.78 is 39.3. The molecule has 0 saturated heterocycles. The van der Waals surface area contributed by atoms with Crippen LogP contribution in [0.15, 0.2) is 63.7 Å². The summed E-state index contributed by atoms with van der Waals surface area (Å²) in [6.07, 6.45) is 0. The summed E-state index contributed by atoms with van der Waals surface area (Å²) in [5.41, 5.74) is 0.243. The smallest absolute Gasteiger partial charge is 0.279 e.